The third-order valence-electron chi connectivity index (χ3n) is 6.33. The van der Waals surface area contributed by atoms with Gasteiger partial charge in [-0.15, -0.1) is 0 Å². The van der Waals surface area contributed by atoms with Gasteiger partial charge in [-0.1, -0.05) is 58.0 Å². The van der Waals surface area contributed by atoms with Gasteiger partial charge in [-0.25, -0.2) is 4.79 Å². The van der Waals surface area contributed by atoms with Gasteiger partial charge < -0.3 is 25.6 Å². The largest absolute Gasteiger partial charge is 0.445 e. The first-order valence-corrected chi connectivity index (χ1v) is 15.4. The number of carbonyl (C=O) groups is 5. The summed E-state index contributed by atoms with van der Waals surface area (Å²) in [6.45, 7) is 7.49. The molecule has 1 heterocycles. The van der Waals surface area contributed by atoms with E-state index in [1.165, 1.54) is 7.05 Å². The molecule has 1 fully saturated rings. The topological polar surface area (TPSA) is 171 Å². The highest BCUT2D eigenvalue weighted by atomic mass is 31.2. The lowest BCUT2D eigenvalue weighted by Crippen LogP contribution is -2.49. The SMILES string of the molecule is CNC(=O)[C@H](CC(C)C)NC(=O)[C@H](CC(C)C)CP(=O)(O)CN1C(=O)C[C@H](NC(=O)OCc2ccccc2)C1=O. The Kier molecular flexibility index (Phi) is 12.3. The molecule has 4 N–H and O–H groups in total. The number of carbonyl (C=O) groups excluding carboxylic acids is 5. The molecular formula is C27H41N4O8P. The van der Waals surface area contributed by atoms with Gasteiger partial charge in [0, 0.05) is 19.1 Å². The van der Waals surface area contributed by atoms with Gasteiger partial charge in [-0.2, -0.15) is 0 Å². The predicted molar refractivity (Wildman–Crippen MR) is 148 cm³/mol. The molecule has 0 aromatic heterocycles. The highest BCUT2D eigenvalue weighted by Crippen LogP contribution is 2.45. The van der Waals surface area contributed by atoms with Crippen molar-refractivity contribution in [2.24, 2.45) is 17.8 Å². The second-order valence-electron chi connectivity index (χ2n) is 10.9. The Morgan fingerprint density at radius 1 is 1.05 bits per heavy atom. The minimum absolute atomic E-state index is 0.00942. The van der Waals surface area contributed by atoms with Gasteiger partial charge in [0.25, 0.3) is 5.91 Å². The molecule has 1 aromatic carbocycles. The molecule has 0 spiro atoms. The summed E-state index contributed by atoms with van der Waals surface area (Å²) < 4.78 is 18.3. The van der Waals surface area contributed by atoms with Crippen molar-refractivity contribution in [1.29, 1.82) is 0 Å². The zero-order valence-corrected chi connectivity index (χ0v) is 24.6. The fraction of sp³-hybridized carbons (Fsp3) is 0.593. The number of alkyl carbamates (subject to hydrolysis) is 1. The van der Waals surface area contributed by atoms with Gasteiger partial charge in [-0.3, -0.25) is 28.6 Å². The van der Waals surface area contributed by atoms with Crippen molar-refractivity contribution in [2.75, 3.05) is 19.5 Å². The second-order valence-corrected chi connectivity index (χ2v) is 13.3. The number of hydrogen-bond donors (Lipinski definition) is 4. The average Bonchev–Trinajstić information content (AvgIpc) is 3.12. The molecule has 222 valence electrons. The van der Waals surface area contributed by atoms with Crippen LogP contribution < -0.4 is 16.0 Å². The fourth-order valence-electron chi connectivity index (χ4n) is 4.47. The molecule has 4 atom stereocenters. The van der Waals surface area contributed by atoms with E-state index in [2.05, 4.69) is 16.0 Å². The molecule has 1 unspecified atom stereocenters. The Balaban J connectivity index is 2.03. The molecule has 0 aliphatic carbocycles. The number of benzene rings is 1. The van der Waals surface area contributed by atoms with Crippen molar-refractivity contribution in [3.8, 4) is 0 Å². The number of nitrogens with zero attached hydrogens (tertiary/aromatic N) is 1. The maximum atomic E-state index is 13.2. The number of likely N-dealkylation sites (N-methyl/N-ethyl adjacent to an activating group) is 1. The number of ether oxygens (including phenoxy) is 1. The van der Waals surface area contributed by atoms with Gasteiger partial charge in [0.2, 0.25) is 25.1 Å². The van der Waals surface area contributed by atoms with E-state index in [0.29, 0.717) is 11.3 Å². The highest BCUT2D eigenvalue weighted by Gasteiger charge is 2.43. The van der Waals surface area contributed by atoms with Crippen LogP contribution in [0, 0.1) is 17.8 Å². The Morgan fingerprint density at radius 2 is 1.68 bits per heavy atom. The van der Waals surface area contributed by atoms with E-state index in [-0.39, 0.29) is 37.2 Å². The molecule has 1 aliphatic rings. The maximum Gasteiger partial charge on any atom is 0.408 e. The van der Waals surface area contributed by atoms with Crippen LogP contribution in [0.2, 0.25) is 0 Å². The maximum absolute atomic E-state index is 13.2. The van der Waals surface area contributed by atoms with Crippen LogP contribution in [-0.4, -0.2) is 71.1 Å². The second kappa shape index (κ2) is 14.9. The number of amides is 5. The molecule has 1 saturated heterocycles. The summed E-state index contributed by atoms with van der Waals surface area (Å²) >= 11 is 0. The third kappa shape index (κ3) is 10.4. The smallest absolute Gasteiger partial charge is 0.408 e. The summed E-state index contributed by atoms with van der Waals surface area (Å²) in [6, 6.07) is 6.86. The van der Waals surface area contributed by atoms with Crippen LogP contribution >= 0.6 is 7.37 Å². The van der Waals surface area contributed by atoms with E-state index in [1.807, 2.05) is 33.8 Å². The van der Waals surface area contributed by atoms with Crippen LogP contribution in [0.5, 0.6) is 0 Å². The van der Waals surface area contributed by atoms with Gasteiger partial charge >= 0.3 is 6.09 Å². The first kappa shape index (κ1) is 33.0. The van der Waals surface area contributed by atoms with E-state index >= 15 is 0 Å². The van der Waals surface area contributed by atoms with Crippen LogP contribution in [0.4, 0.5) is 4.79 Å². The molecule has 12 nitrogen and oxygen atoms in total. The highest BCUT2D eigenvalue weighted by molar-refractivity contribution is 7.58. The molecule has 0 bridgehead atoms. The summed E-state index contributed by atoms with van der Waals surface area (Å²) in [6.07, 6.45) is -1.89. The first-order chi connectivity index (χ1) is 18.7. The molecule has 5 amide bonds. The van der Waals surface area contributed by atoms with Crippen molar-refractivity contribution in [3.05, 3.63) is 35.9 Å². The minimum atomic E-state index is -4.22. The van der Waals surface area contributed by atoms with E-state index < -0.39 is 61.6 Å². The molecule has 40 heavy (non-hydrogen) atoms. The molecule has 1 aromatic rings. The van der Waals surface area contributed by atoms with Crippen molar-refractivity contribution in [2.45, 2.75) is 65.6 Å². The number of rotatable bonds is 14. The average molecular weight is 581 g/mol. The van der Waals surface area contributed by atoms with Gasteiger partial charge in [0.05, 0.1) is 6.42 Å². The van der Waals surface area contributed by atoms with Crippen LogP contribution in [-0.2, 0) is 35.1 Å². The van der Waals surface area contributed by atoms with E-state index in [9.17, 15) is 33.4 Å². The normalized spacial score (nSPS) is 18.3. The third-order valence-corrected chi connectivity index (χ3v) is 8.07. The summed E-state index contributed by atoms with van der Waals surface area (Å²) in [5, 5.41) is 7.55. The lowest BCUT2D eigenvalue weighted by molar-refractivity contribution is -0.138. The summed E-state index contributed by atoms with van der Waals surface area (Å²) in [5.41, 5.74) is 0.736. The lowest BCUT2D eigenvalue weighted by atomic mass is 9.96. The van der Waals surface area contributed by atoms with Crippen LogP contribution in [0.15, 0.2) is 30.3 Å². The Labute approximate surface area is 235 Å². The van der Waals surface area contributed by atoms with E-state index in [4.69, 9.17) is 4.74 Å². The molecule has 0 saturated carbocycles. The van der Waals surface area contributed by atoms with Crippen LogP contribution in [0.1, 0.15) is 52.5 Å². The zero-order chi connectivity index (χ0) is 30.0. The molecule has 0 radical (unpaired) electrons. The number of likely N-dealkylation sites (tertiary alicyclic amines) is 1. The van der Waals surface area contributed by atoms with Crippen molar-refractivity contribution >= 4 is 37.1 Å². The number of imide groups is 1. The molecule has 2 rings (SSSR count). The Morgan fingerprint density at radius 3 is 2.25 bits per heavy atom. The lowest BCUT2D eigenvalue weighted by Gasteiger charge is -2.26. The van der Waals surface area contributed by atoms with Gasteiger partial charge in [-0.05, 0) is 30.2 Å². The van der Waals surface area contributed by atoms with Gasteiger partial charge in [0.1, 0.15) is 25.0 Å². The van der Waals surface area contributed by atoms with Crippen molar-refractivity contribution < 1.29 is 38.2 Å². The quantitative estimate of drug-likeness (QED) is 0.192. The summed E-state index contributed by atoms with van der Waals surface area (Å²) in [4.78, 5) is 74.4. The summed E-state index contributed by atoms with van der Waals surface area (Å²) in [7, 11) is -2.76. The Hall–Kier alpha value is -3.24. The Bertz CT molecular complexity index is 1110. The predicted octanol–water partition coefficient (Wildman–Crippen LogP) is 2.21. The van der Waals surface area contributed by atoms with Crippen LogP contribution in [0.25, 0.3) is 0 Å². The van der Waals surface area contributed by atoms with E-state index in [1.54, 1.807) is 24.3 Å². The number of nitrogens with one attached hydrogen (secondary N) is 3. The zero-order valence-electron chi connectivity index (χ0n) is 23.7. The number of hydrogen-bond acceptors (Lipinski definition) is 7. The minimum Gasteiger partial charge on any atom is -0.445 e. The monoisotopic (exact) mass is 580 g/mol. The van der Waals surface area contributed by atoms with Crippen LogP contribution in [0.3, 0.4) is 0 Å². The molecular weight excluding hydrogens is 539 g/mol. The molecule has 1 aliphatic heterocycles. The van der Waals surface area contributed by atoms with Crippen molar-refractivity contribution in [1.82, 2.24) is 20.9 Å². The standard InChI is InChI=1S/C27H41N4O8P/c1-17(2)11-20(24(33)29-21(12-18(3)4)25(34)28-5)15-40(37,38)16-31-23(32)13-22(26(31)35)30-27(36)39-14-19-9-7-6-8-10-19/h6-10,17-18,20-22H,11-16H2,1-5H3,(H,28,34)(H,29,33)(H,30,36)(H,37,38)/t20-,21+,22+/m1/s1. The summed E-state index contributed by atoms with van der Waals surface area (Å²) in [5.74, 6) is -3.27. The fourth-order valence-corrected chi connectivity index (χ4v) is 6.33. The van der Waals surface area contributed by atoms with Gasteiger partial charge in [0.15, 0.2) is 0 Å². The first-order valence-electron chi connectivity index (χ1n) is 13.4. The van der Waals surface area contributed by atoms with E-state index in [0.717, 1.165) is 5.56 Å². The van der Waals surface area contributed by atoms with Crippen molar-refractivity contribution in [3.63, 3.8) is 0 Å². The molecule has 13 heteroatoms.